The van der Waals surface area contributed by atoms with Gasteiger partial charge in [-0.2, -0.15) is 0 Å². The summed E-state index contributed by atoms with van der Waals surface area (Å²) in [6.45, 7) is 4.63. The summed E-state index contributed by atoms with van der Waals surface area (Å²) >= 11 is 0. The molecule has 0 bridgehead atoms. The van der Waals surface area contributed by atoms with Crippen molar-refractivity contribution in [3.63, 3.8) is 0 Å². The molecule has 20 heavy (non-hydrogen) atoms. The van der Waals surface area contributed by atoms with Crippen LogP contribution in [0.3, 0.4) is 0 Å². The Labute approximate surface area is 117 Å². The average Bonchev–Trinajstić information content (AvgIpc) is 2.42. The molecule has 0 aliphatic carbocycles. The van der Waals surface area contributed by atoms with Crippen molar-refractivity contribution in [2.24, 2.45) is 0 Å². The van der Waals surface area contributed by atoms with Crippen molar-refractivity contribution in [2.45, 2.75) is 19.8 Å². The third-order valence-corrected chi connectivity index (χ3v) is 3.41. The maximum atomic E-state index is 13.1. The lowest BCUT2D eigenvalue weighted by Gasteiger charge is -2.37. The SMILES string of the molecule is Cc1cnc(C)c(N2CCN(CC(F)(F)CO)CC2)n1. The number of rotatable bonds is 4. The lowest BCUT2D eigenvalue weighted by atomic mass is 10.2. The van der Waals surface area contributed by atoms with Crippen molar-refractivity contribution in [3.8, 4) is 0 Å². The number of hydrogen-bond donors (Lipinski definition) is 1. The fourth-order valence-electron chi connectivity index (χ4n) is 2.32. The van der Waals surface area contributed by atoms with Crippen molar-refractivity contribution in [2.75, 3.05) is 44.2 Å². The molecule has 0 atom stereocenters. The van der Waals surface area contributed by atoms with Gasteiger partial charge in [-0.15, -0.1) is 0 Å². The molecule has 112 valence electrons. The minimum Gasteiger partial charge on any atom is -0.390 e. The Hall–Kier alpha value is -1.34. The van der Waals surface area contributed by atoms with Gasteiger partial charge in [-0.3, -0.25) is 9.88 Å². The van der Waals surface area contributed by atoms with Crippen LogP contribution in [-0.4, -0.2) is 65.2 Å². The molecule has 1 aliphatic heterocycles. The molecule has 1 N–H and O–H groups in total. The number of alkyl halides is 2. The number of nitrogens with zero attached hydrogens (tertiary/aromatic N) is 4. The van der Waals surface area contributed by atoms with E-state index in [1.165, 1.54) is 0 Å². The molecule has 1 saturated heterocycles. The van der Waals surface area contributed by atoms with E-state index in [0.717, 1.165) is 17.2 Å². The van der Waals surface area contributed by atoms with Gasteiger partial charge in [0.05, 0.1) is 17.9 Å². The molecule has 1 aliphatic rings. The standard InChI is InChI=1S/C13H20F2N4O/c1-10-7-16-11(2)12(17-10)19-5-3-18(4-6-19)8-13(14,15)9-20/h7,20H,3-6,8-9H2,1-2H3. The van der Waals surface area contributed by atoms with Crippen LogP contribution in [0.2, 0.25) is 0 Å². The zero-order valence-corrected chi connectivity index (χ0v) is 11.8. The van der Waals surface area contributed by atoms with Gasteiger partial charge in [0.25, 0.3) is 5.92 Å². The fraction of sp³-hybridized carbons (Fsp3) is 0.692. The first-order valence-electron chi connectivity index (χ1n) is 6.67. The Balaban J connectivity index is 1.96. The van der Waals surface area contributed by atoms with Crippen molar-refractivity contribution >= 4 is 5.82 Å². The van der Waals surface area contributed by atoms with Crippen LogP contribution in [-0.2, 0) is 0 Å². The molecule has 0 radical (unpaired) electrons. The summed E-state index contributed by atoms with van der Waals surface area (Å²) in [5, 5.41) is 8.62. The van der Waals surface area contributed by atoms with Crippen LogP contribution in [0.15, 0.2) is 6.20 Å². The molecular weight excluding hydrogens is 266 g/mol. The lowest BCUT2D eigenvalue weighted by molar-refractivity contribution is -0.0733. The number of aliphatic hydroxyl groups is 1. The predicted molar refractivity (Wildman–Crippen MR) is 72.2 cm³/mol. The van der Waals surface area contributed by atoms with E-state index in [0.29, 0.717) is 26.2 Å². The largest absolute Gasteiger partial charge is 0.390 e. The van der Waals surface area contributed by atoms with Gasteiger partial charge in [0.2, 0.25) is 0 Å². The van der Waals surface area contributed by atoms with E-state index in [-0.39, 0.29) is 0 Å². The number of aryl methyl sites for hydroxylation is 2. The van der Waals surface area contributed by atoms with Gasteiger partial charge in [-0.05, 0) is 13.8 Å². The maximum Gasteiger partial charge on any atom is 0.283 e. The van der Waals surface area contributed by atoms with Gasteiger partial charge in [0.15, 0.2) is 0 Å². The van der Waals surface area contributed by atoms with Crippen molar-refractivity contribution < 1.29 is 13.9 Å². The molecule has 2 heterocycles. The molecule has 1 aromatic heterocycles. The van der Waals surface area contributed by atoms with Crippen LogP contribution in [0.1, 0.15) is 11.4 Å². The number of aliphatic hydroxyl groups excluding tert-OH is 1. The van der Waals surface area contributed by atoms with E-state index < -0.39 is 19.1 Å². The van der Waals surface area contributed by atoms with Crippen molar-refractivity contribution in [1.29, 1.82) is 0 Å². The van der Waals surface area contributed by atoms with Gasteiger partial charge in [-0.25, -0.2) is 13.8 Å². The second-order valence-electron chi connectivity index (χ2n) is 5.20. The third-order valence-electron chi connectivity index (χ3n) is 3.41. The summed E-state index contributed by atoms with van der Waals surface area (Å²) in [5.74, 6) is -2.19. The minimum atomic E-state index is -3.03. The van der Waals surface area contributed by atoms with Gasteiger partial charge < -0.3 is 10.0 Å². The highest BCUT2D eigenvalue weighted by atomic mass is 19.3. The van der Waals surface area contributed by atoms with Gasteiger partial charge in [0.1, 0.15) is 12.4 Å². The van der Waals surface area contributed by atoms with Crippen LogP contribution in [0, 0.1) is 13.8 Å². The van der Waals surface area contributed by atoms with Crippen molar-refractivity contribution in [3.05, 3.63) is 17.6 Å². The molecule has 1 aromatic rings. The van der Waals surface area contributed by atoms with Crippen molar-refractivity contribution in [1.82, 2.24) is 14.9 Å². The average molecular weight is 286 g/mol. The number of hydrogen-bond acceptors (Lipinski definition) is 5. The highest BCUT2D eigenvalue weighted by Crippen LogP contribution is 2.19. The molecule has 0 amide bonds. The molecule has 0 aromatic carbocycles. The smallest absolute Gasteiger partial charge is 0.283 e. The fourth-order valence-corrected chi connectivity index (χ4v) is 2.32. The monoisotopic (exact) mass is 286 g/mol. The number of piperazine rings is 1. The van der Waals surface area contributed by atoms with Crippen LogP contribution >= 0.6 is 0 Å². The van der Waals surface area contributed by atoms with Crippen LogP contribution in [0.4, 0.5) is 14.6 Å². The first-order chi connectivity index (χ1) is 9.41. The summed E-state index contributed by atoms with van der Waals surface area (Å²) < 4.78 is 26.3. The third kappa shape index (κ3) is 3.61. The molecule has 0 saturated carbocycles. The first-order valence-corrected chi connectivity index (χ1v) is 6.67. The molecular formula is C13H20F2N4O. The summed E-state index contributed by atoms with van der Waals surface area (Å²) in [7, 11) is 0. The van der Waals surface area contributed by atoms with Crippen LogP contribution < -0.4 is 4.90 Å². The Morgan fingerprint density at radius 3 is 2.50 bits per heavy atom. The Morgan fingerprint density at radius 2 is 1.90 bits per heavy atom. The summed E-state index contributed by atoms with van der Waals surface area (Å²) in [6.07, 6.45) is 1.72. The second kappa shape index (κ2) is 5.97. The quantitative estimate of drug-likeness (QED) is 0.889. The van der Waals surface area contributed by atoms with Gasteiger partial charge in [-0.1, -0.05) is 0 Å². The highest BCUT2D eigenvalue weighted by Gasteiger charge is 2.32. The normalized spacial score (nSPS) is 17.6. The van der Waals surface area contributed by atoms with E-state index in [2.05, 4.69) is 14.9 Å². The zero-order valence-electron chi connectivity index (χ0n) is 11.8. The molecule has 0 spiro atoms. The second-order valence-corrected chi connectivity index (χ2v) is 5.20. The number of halogens is 2. The van der Waals surface area contributed by atoms with Crippen LogP contribution in [0.25, 0.3) is 0 Å². The molecule has 1 fully saturated rings. The number of anilines is 1. The topological polar surface area (TPSA) is 52.5 Å². The highest BCUT2D eigenvalue weighted by molar-refractivity contribution is 5.43. The summed E-state index contributed by atoms with van der Waals surface area (Å²) in [4.78, 5) is 12.5. The molecule has 0 unspecified atom stereocenters. The summed E-state index contributed by atoms with van der Waals surface area (Å²) in [6, 6.07) is 0. The Morgan fingerprint density at radius 1 is 1.25 bits per heavy atom. The maximum absolute atomic E-state index is 13.1. The minimum absolute atomic E-state index is 0.393. The van der Waals surface area contributed by atoms with E-state index in [9.17, 15) is 8.78 Å². The Kier molecular flexibility index (Phi) is 4.49. The van der Waals surface area contributed by atoms with E-state index in [1.807, 2.05) is 13.8 Å². The first kappa shape index (κ1) is 15.1. The Bertz CT molecular complexity index is 462. The molecule has 7 heteroatoms. The lowest BCUT2D eigenvalue weighted by Crippen LogP contribution is -2.51. The molecule has 2 rings (SSSR count). The van der Waals surface area contributed by atoms with Crippen LogP contribution in [0.5, 0.6) is 0 Å². The summed E-state index contributed by atoms with van der Waals surface area (Å²) in [5.41, 5.74) is 1.70. The zero-order chi connectivity index (χ0) is 14.8. The number of aromatic nitrogens is 2. The van der Waals surface area contributed by atoms with E-state index >= 15 is 0 Å². The van der Waals surface area contributed by atoms with E-state index in [4.69, 9.17) is 5.11 Å². The van der Waals surface area contributed by atoms with Gasteiger partial charge >= 0.3 is 0 Å². The predicted octanol–water partition coefficient (Wildman–Crippen LogP) is 0.843. The van der Waals surface area contributed by atoms with Gasteiger partial charge in [0, 0.05) is 32.4 Å². The van der Waals surface area contributed by atoms with E-state index in [1.54, 1.807) is 11.1 Å². The molecule has 5 nitrogen and oxygen atoms in total.